The van der Waals surface area contributed by atoms with Crippen molar-refractivity contribution in [1.29, 1.82) is 0 Å². The second-order valence-corrected chi connectivity index (χ2v) is 8.81. The number of aryl methyl sites for hydroxylation is 1. The van der Waals surface area contributed by atoms with Gasteiger partial charge >= 0.3 is 0 Å². The molecule has 0 aliphatic carbocycles. The molecular formula is C22H16N2O5S. The van der Waals surface area contributed by atoms with Gasteiger partial charge in [-0.25, -0.2) is 0 Å². The quantitative estimate of drug-likeness (QED) is 0.283. The molecule has 150 valence electrons. The summed E-state index contributed by atoms with van der Waals surface area (Å²) in [5, 5.41) is 1.67. The number of nitrogens with one attached hydrogen (secondary N) is 2. The molecule has 3 N–H and O–H groups in total. The number of hydrogen-bond acceptors (Lipinski definition) is 4. The number of aromatic amines is 2. The Balaban J connectivity index is 2.00. The van der Waals surface area contributed by atoms with Crippen LogP contribution in [0.2, 0.25) is 0 Å². The van der Waals surface area contributed by atoms with Crippen molar-refractivity contribution in [3.8, 4) is 0 Å². The highest BCUT2D eigenvalue weighted by molar-refractivity contribution is 7.85. The summed E-state index contributed by atoms with van der Waals surface area (Å²) >= 11 is 0. The van der Waals surface area contributed by atoms with Crippen LogP contribution in [0, 0.1) is 13.8 Å². The molecule has 5 aromatic rings. The normalized spacial score (nSPS) is 12.4. The number of rotatable bonds is 1. The van der Waals surface area contributed by atoms with Crippen molar-refractivity contribution in [2.24, 2.45) is 0 Å². The van der Waals surface area contributed by atoms with Gasteiger partial charge in [0.2, 0.25) is 0 Å². The van der Waals surface area contributed by atoms with E-state index in [1.807, 2.05) is 6.07 Å². The van der Waals surface area contributed by atoms with E-state index in [1.165, 1.54) is 6.07 Å². The summed E-state index contributed by atoms with van der Waals surface area (Å²) in [5.41, 5.74) is 2.24. The van der Waals surface area contributed by atoms with Gasteiger partial charge in [-0.1, -0.05) is 12.1 Å². The molecule has 0 saturated carbocycles. The number of pyridine rings is 2. The number of aromatic nitrogens is 2. The first-order valence-electron chi connectivity index (χ1n) is 9.19. The standard InChI is InChI=1S/C22H16N2O5S/c1-10-11(2)20-18(9-19(10)30(27,28)29)24-17-7-13-16(8-14(17)22(20)26)23-15-6-4-3-5-12(15)21(13)25/h3-9H,1-2H3,(H,23,25)(H,24,26)(H,27,28,29). The number of fused-ring (bicyclic) bond motifs is 4. The molecule has 0 atom stereocenters. The number of H-pyrrole nitrogens is 2. The molecule has 3 aromatic carbocycles. The molecule has 0 aliphatic rings. The van der Waals surface area contributed by atoms with E-state index in [-0.39, 0.29) is 21.3 Å². The first kappa shape index (κ1) is 18.5. The molecule has 2 heterocycles. The van der Waals surface area contributed by atoms with Gasteiger partial charge in [0.1, 0.15) is 0 Å². The minimum Gasteiger partial charge on any atom is -0.354 e. The summed E-state index contributed by atoms with van der Waals surface area (Å²) < 4.78 is 33.1. The third kappa shape index (κ3) is 2.51. The van der Waals surface area contributed by atoms with Crippen molar-refractivity contribution in [3.05, 3.63) is 74.0 Å². The zero-order valence-corrected chi connectivity index (χ0v) is 16.8. The van der Waals surface area contributed by atoms with E-state index >= 15 is 0 Å². The van der Waals surface area contributed by atoms with E-state index in [4.69, 9.17) is 0 Å². The van der Waals surface area contributed by atoms with E-state index in [1.54, 1.807) is 44.2 Å². The zero-order chi connectivity index (χ0) is 21.4. The van der Waals surface area contributed by atoms with E-state index in [2.05, 4.69) is 9.97 Å². The van der Waals surface area contributed by atoms with Crippen LogP contribution in [0.15, 0.2) is 56.9 Å². The third-order valence-corrected chi connectivity index (χ3v) is 6.69. The molecule has 30 heavy (non-hydrogen) atoms. The van der Waals surface area contributed by atoms with Crippen molar-refractivity contribution >= 4 is 53.7 Å². The van der Waals surface area contributed by atoms with E-state index in [9.17, 15) is 22.6 Å². The van der Waals surface area contributed by atoms with Crippen LogP contribution in [0.5, 0.6) is 0 Å². The predicted molar refractivity (Wildman–Crippen MR) is 117 cm³/mol. The first-order valence-corrected chi connectivity index (χ1v) is 10.6. The van der Waals surface area contributed by atoms with Gasteiger partial charge in [-0.15, -0.1) is 0 Å². The summed E-state index contributed by atoms with van der Waals surface area (Å²) in [5.74, 6) is 0. The Labute approximate surface area is 169 Å². The highest BCUT2D eigenvalue weighted by Crippen LogP contribution is 2.28. The van der Waals surface area contributed by atoms with Crippen molar-refractivity contribution in [3.63, 3.8) is 0 Å². The molecule has 7 nitrogen and oxygen atoms in total. The predicted octanol–water partition coefficient (Wildman–Crippen LogP) is 3.54. The van der Waals surface area contributed by atoms with Crippen molar-refractivity contribution in [2.75, 3.05) is 0 Å². The van der Waals surface area contributed by atoms with E-state index in [0.29, 0.717) is 49.2 Å². The van der Waals surface area contributed by atoms with Crippen LogP contribution < -0.4 is 10.9 Å². The fraction of sp³-hybridized carbons (Fsp3) is 0.0909. The number of para-hydroxylation sites is 1. The van der Waals surface area contributed by atoms with Gasteiger partial charge in [0, 0.05) is 27.1 Å². The fourth-order valence-electron chi connectivity index (χ4n) is 4.09. The lowest BCUT2D eigenvalue weighted by molar-refractivity contribution is 0.482. The maximum atomic E-state index is 13.3. The number of hydrogen-bond donors (Lipinski definition) is 3. The summed E-state index contributed by atoms with van der Waals surface area (Å²) in [6.07, 6.45) is 0. The molecular weight excluding hydrogens is 404 g/mol. The van der Waals surface area contributed by atoms with Gasteiger partial charge < -0.3 is 9.97 Å². The van der Waals surface area contributed by atoms with Gasteiger partial charge in [-0.3, -0.25) is 14.1 Å². The Hall–Kier alpha value is -3.49. The Morgan fingerprint density at radius 3 is 2.00 bits per heavy atom. The van der Waals surface area contributed by atoms with Crippen LogP contribution >= 0.6 is 0 Å². The SMILES string of the molecule is Cc1c(S(=O)(=O)O)cc2[nH]c3cc4c(=O)c5ccccc5[nH]c4cc3c(=O)c2c1C. The second-order valence-electron chi connectivity index (χ2n) is 7.42. The molecule has 0 unspecified atom stereocenters. The summed E-state index contributed by atoms with van der Waals surface area (Å²) in [7, 11) is -4.46. The molecule has 0 fully saturated rings. The first-order chi connectivity index (χ1) is 14.2. The van der Waals surface area contributed by atoms with Crippen LogP contribution in [0.1, 0.15) is 11.1 Å². The lowest BCUT2D eigenvalue weighted by Crippen LogP contribution is -2.11. The largest absolute Gasteiger partial charge is 0.354 e. The molecule has 0 amide bonds. The smallest absolute Gasteiger partial charge is 0.294 e. The van der Waals surface area contributed by atoms with Gasteiger partial charge in [0.05, 0.1) is 21.4 Å². The minimum atomic E-state index is -4.46. The molecule has 0 radical (unpaired) electrons. The molecule has 0 bridgehead atoms. The van der Waals surface area contributed by atoms with Crippen molar-refractivity contribution in [2.45, 2.75) is 18.7 Å². The lowest BCUT2D eigenvalue weighted by Gasteiger charge is -2.12. The maximum Gasteiger partial charge on any atom is 0.294 e. The van der Waals surface area contributed by atoms with Crippen LogP contribution in [0.25, 0.3) is 43.6 Å². The Morgan fingerprint density at radius 1 is 0.733 bits per heavy atom. The third-order valence-electron chi connectivity index (χ3n) is 5.71. The van der Waals surface area contributed by atoms with Gasteiger partial charge in [-0.05, 0) is 55.3 Å². The Morgan fingerprint density at radius 2 is 1.33 bits per heavy atom. The van der Waals surface area contributed by atoms with Crippen LogP contribution in [-0.2, 0) is 10.1 Å². The van der Waals surface area contributed by atoms with Crippen molar-refractivity contribution in [1.82, 2.24) is 9.97 Å². The molecule has 5 rings (SSSR count). The molecule has 2 aromatic heterocycles. The number of benzene rings is 3. The highest BCUT2D eigenvalue weighted by atomic mass is 32.2. The lowest BCUT2D eigenvalue weighted by atomic mass is 10.0. The average molecular weight is 420 g/mol. The zero-order valence-electron chi connectivity index (χ0n) is 16.0. The Kier molecular flexibility index (Phi) is 3.71. The monoisotopic (exact) mass is 420 g/mol. The minimum absolute atomic E-state index is 0.166. The van der Waals surface area contributed by atoms with E-state index in [0.717, 1.165) is 0 Å². The topological polar surface area (TPSA) is 120 Å². The molecule has 8 heteroatoms. The molecule has 0 aliphatic heterocycles. The molecule has 0 spiro atoms. The summed E-state index contributed by atoms with van der Waals surface area (Å²) in [6.45, 7) is 3.19. The van der Waals surface area contributed by atoms with Gasteiger partial charge in [0.25, 0.3) is 10.1 Å². The van der Waals surface area contributed by atoms with Crippen LogP contribution in [0.4, 0.5) is 0 Å². The summed E-state index contributed by atoms with van der Waals surface area (Å²) in [4.78, 5) is 32.3. The van der Waals surface area contributed by atoms with Gasteiger partial charge in [0.15, 0.2) is 10.9 Å². The van der Waals surface area contributed by atoms with Crippen molar-refractivity contribution < 1.29 is 13.0 Å². The van der Waals surface area contributed by atoms with Crippen LogP contribution in [-0.4, -0.2) is 22.9 Å². The summed E-state index contributed by atoms with van der Waals surface area (Å²) in [6, 6.07) is 11.6. The average Bonchev–Trinajstić information content (AvgIpc) is 2.69. The molecule has 0 saturated heterocycles. The highest BCUT2D eigenvalue weighted by Gasteiger charge is 2.20. The van der Waals surface area contributed by atoms with Crippen LogP contribution in [0.3, 0.4) is 0 Å². The Bertz CT molecular complexity index is 1780. The second kappa shape index (κ2) is 6.01. The van der Waals surface area contributed by atoms with Gasteiger partial charge in [-0.2, -0.15) is 8.42 Å². The van der Waals surface area contributed by atoms with E-state index < -0.39 is 10.1 Å². The fourth-order valence-corrected chi connectivity index (χ4v) is 4.89. The maximum absolute atomic E-state index is 13.3.